The van der Waals surface area contributed by atoms with Gasteiger partial charge < -0.3 is 5.32 Å². The monoisotopic (exact) mass is 449 g/mol. The van der Waals surface area contributed by atoms with Gasteiger partial charge in [-0.1, -0.05) is 34.5 Å². The maximum atomic E-state index is 12.6. The molecule has 0 saturated heterocycles. The molecule has 0 aliphatic carbocycles. The lowest BCUT2D eigenvalue weighted by Crippen LogP contribution is -2.15. The molecule has 3 aromatic rings. The van der Waals surface area contributed by atoms with Gasteiger partial charge in [0.05, 0.1) is 27.8 Å². The average molecular weight is 450 g/mol. The van der Waals surface area contributed by atoms with Gasteiger partial charge in [-0.3, -0.25) is 4.79 Å². The Bertz CT molecular complexity index is 1050. The number of carbonyl (C=O) groups is 1. The van der Waals surface area contributed by atoms with Crippen LogP contribution >= 0.6 is 34.5 Å². The summed E-state index contributed by atoms with van der Waals surface area (Å²) in [4.78, 5) is 12.3. The lowest BCUT2D eigenvalue weighted by molar-refractivity contribution is -0.138. The van der Waals surface area contributed by atoms with E-state index < -0.39 is 17.1 Å². The van der Waals surface area contributed by atoms with E-state index in [2.05, 4.69) is 20.6 Å². The molecule has 2 aromatic heterocycles. The summed E-state index contributed by atoms with van der Waals surface area (Å²) in [6.45, 7) is 3.51. The summed E-state index contributed by atoms with van der Waals surface area (Å²) in [7, 11) is 0. The molecule has 0 saturated carbocycles. The van der Waals surface area contributed by atoms with Crippen LogP contribution in [0.25, 0.3) is 5.69 Å². The molecule has 6 nitrogen and oxygen atoms in total. The number of nitrogens with zero attached hydrogens (tertiary/aromatic N) is 4. The lowest BCUT2D eigenvalue weighted by atomic mass is 10.1. The van der Waals surface area contributed by atoms with Crippen LogP contribution < -0.4 is 5.32 Å². The van der Waals surface area contributed by atoms with E-state index in [-0.39, 0.29) is 22.9 Å². The second-order valence-corrected chi connectivity index (χ2v) is 7.59. The number of anilines is 1. The van der Waals surface area contributed by atoms with Gasteiger partial charge in [-0.25, -0.2) is 4.68 Å². The third-order valence-corrected chi connectivity index (χ3v) is 5.46. The topological polar surface area (TPSA) is 72.7 Å². The third kappa shape index (κ3) is 4.29. The van der Waals surface area contributed by atoms with Crippen LogP contribution in [-0.2, 0) is 17.4 Å². The molecule has 148 valence electrons. The Morgan fingerprint density at radius 3 is 2.54 bits per heavy atom. The molecule has 0 aliphatic rings. The first-order valence-electron chi connectivity index (χ1n) is 7.77. The summed E-state index contributed by atoms with van der Waals surface area (Å²) >= 11 is 12.2. The van der Waals surface area contributed by atoms with Crippen LogP contribution in [0.1, 0.15) is 22.0 Å². The van der Waals surface area contributed by atoms with Crippen LogP contribution in [0.4, 0.5) is 18.3 Å². The van der Waals surface area contributed by atoms with Crippen LogP contribution in [0.2, 0.25) is 10.0 Å². The lowest BCUT2D eigenvalue weighted by Gasteiger charge is -2.07. The van der Waals surface area contributed by atoms with E-state index in [4.69, 9.17) is 23.2 Å². The van der Waals surface area contributed by atoms with Crippen LogP contribution in [0.3, 0.4) is 0 Å². The Hall–Kier alpha value is -2.17. The van der Waals surface area contributed by atoms with Crippen molar-refractivity contribution < 1.29 is 18.0 Å². The predicted octanol–water partition coefficient (Wildman–Crippen LogP) is 4.85. The smallest absolute Gasteiger partial charge is 0.300 e. The van der Waals surface area contributed by atoms with Gasteiger partial charge in [-0.05, 0) is 32.0 Å². The first-order chi connectivity index (χ1) is 13.1. The number of halogens is 5. The number of benzene rings is 1. The fraction of sp³-hybridized carbons (Fsp3) is 0.250. The number of hydrogen-bond acceptors (Lipinski definition) is 5. The molecular formula is C16H12Cl2F3N5OS. The summed E-state index contributed by atoms with van der Waals surface area (Å²) in [5.41, 5.74) is 2.61. The maximum Gasteiger partial charge on any atom is 0.445 e. The van der Waals surface area contributed by atoms with Gasteiger partial charge in [0, 0.05) is 11.3 Å². The van der Waals surface area contributed by atoms with Crippen molar-refractivity contribution in [2.75, 3.05) is 5.32 Å². The first-order valence-corrected chi connectivity index (χ1v) is 9.34. The molecular weight excluding hydrogens is 438 g/mol. The summed E-state index contributed by atoms with van der Waals surface area (Å²) in [5.74, 6) is -0.523. The molecule has 28 heavy (non-hydrogen) atoms. The van der Waals surface area contributed by atoms with Crippen molar-refractivity contribution in [3.8, 4) is 5.69 Å². The SMILES string of the molecule is Cc1nn(-c2ccc(Cl)c(Cl)c2)c(C)c1CC(=O)Nc1nnc(C(F)(F)F)s1. The highest BCUT2D eigenvalue weighted by Crippen LogP contribution is 2.33. The summed E-state index contributed by atoms with van der Waals surface area (Å²) < 4.78 is 39.3. The van der Waals surface area contributed by atoms with Crippen LogP contribution in [0, 0.1) is 13.8 Å². The van der Waals surface area contributed by atoms with E-state index in [0.29, 0.717) is 32.7 Å². The fourth-order valence-corrected chi connectivity index (χ4v) is 3.43. The van der Waals surface area contributed by atoms with Crippen LogP contribution in [0.5, 0.6) is 0 Å². The summed E-state index contributed by atoms with van der Waals surface area (Å²) in [6, 6.07) is 5.01. The van der Waals surface area contributed by atoms with Gasteiger partial charge in [-0.2, -0.15) is 18.3 Å². The quantitative estimate of drug-likeness (QED) is 0.617. The van der Waals surface area contributed by atoms with E-state index >= 15 is 0 Å². The summed E-state index contributed by atoms with van der Waals surface area (Å²) in [5, 5.41) is 12.5. The van der Waals surface area contributed by atoms with Gasteiger partial charge in [0.2, 0.25) is 16.0 Å². The van der Waals surface area contributed by atoms with Crippen molar-refractivity contribution in [3.05, 3.63) is 50.2 Å². The van der Waals surface area contributed by atoms with Crippen LogP contribution in [0.15, 0.2) is 18.2 Å². The highest BCUT2D eigenvalue weighted by Gasteiger charge is 2.35. The second-order valence-electron chi connectivity index (χ2n) is 5.79. The molecule has 1 N–H and O–H groups in total. The molecule has 1 amide bonds. The Labute approximate surface area is 171 Å². The second kappa shape index (κ2) is 7.69. The Morgan fingerprint density at radius 2 is 1.93 bits per heavy atom. The standard InChI is InChI=1S/C16H12Cl2F3N5OS/c1-7-10(6-13(27)22-15-24-23-14(28-15)16(19,20)21)8(2)26(25-7)9-3-4-11(17)12(18)5-9/h3-5H,6H2,1-2H3,(H,22,24,27). The Kier molecular flexibility index (Phi) is 5.64. The molecule has 0 spiro atoms. The highest BCUT2D eigenvalue weighted by molar-refractivity contribution is 7.15. The van der Waals surface area contributed by atoms with Gasteiger partial charge in [-0.15, -0.1) is 10.2 Å². The van der Waals surface area contributed by atoms with Gasteiger partial charge in [0.25, 0.3) is 0 Å². The third-order valence-electron chi connectivity index (χ3n) is 3.84. The maximum absolute atomic E-state index is 12.6. The molecule has 0 radical (unpaired) electrons. The Morgan fingerprint density at radius 1 is 1.21 bits per heavy atom. The van der Waals surface area contributed by atoms with E-state index in [9.17, 15) is 18.0 Å². The van der Waals surface area contributed by atoms with Gasteiger partial charge in [0.15, 0.2) is 0 Å². The minimum Gasteiger partial charge on any atom is -0.300 e. The zero-order chi connectivity index (χ0) is 20.6. The Balaban J connectivity index is 1.79. The van der Waals surface area contributed by atoms with E-state index in [1.54, 1.807) is 36.7 Å². The number of nitrogens with one attached hydrogen (secondary N) is 1. The van der Waals surface area contributed by atoms with E-state index in [1.807, 2.05) is 0 Å². The number of carbonyl (C=O) groups excluding carboxylic acids is 1. The predicted molar refractivity (Wildman–Crippen MR) is 100 cm³/mol. The molecule has 3 rings (SSSR count). The first kappa shape index (κ1) is 20.6. The highest BCUT2D eigenvalue weighted by atomic mass is 35.5. The summed E-state index contributed by atoms with van der Waals surface area (Å²) in [6.07, 6.45) is -4.69. The van der Waals surface area contributed by atoms with Crippen LogP contribution in [-0.4, -0.2) is 25.9 Å². The largest absolute Gasteiger partial charge is 0.445 e. The molecule has 0 unspecified atom stereocenters. The van der Waals surface area contributed by atoms with Crippen molar-refractivity contribution in [1.82, 2.24) is 20.0 Å². The molecule has 2 heterocycles. The van der Waals surface area contributed by atoms with Gasteiger partial charge >= 0.3 is 6.18 Å². The van der Waals surface area contributed by atoms with Crippen molar-refractivity contribution in [3.63, 3.8) is 0 Å². The van der Waals surface area contributed by atoms with Crippen molar-refractivity contribution in [2.45, 2.75) is 26.4 Å². The number of rotatable bonds is 4. The zero-order valence-electron chi connectivity index (χ0n) is 14.4. The van der Waals surface area contributed by atoms with Crippen molar-refractivity contribution in [2.24, 2.45) is 0 Å². The zero-order valence-corrected chi connectivity index (χ0v) is 16.8. The molecule has 0 fully saturated rings. The number of alkyl halides is 3. The number of aryl methyl sites for hydroxylation is 1. The normalized spacial score (nSPS) is 11.7. The average Bonchev–Trinajstić information content (AvgIpc) is 3.17. The minimum absolute atomic E-state index is 0.0834. The minimum atomic E-state index is -4.60. The fourth-order valence-electron chi connectivity index (χ4n) is 2.51. The van der Waals surface area contributed by atoms with Crippen molar-refractivity contribution >= 4 is 45.6 Å². The van der Waals surface area contributed by atoms with E-state index in [1.165, 1.54) is 0 Å². The van der Waals surface area contributed by atoms with E-state index in [0.717, 1.165) is 0 Å². The van der Waals surface area contributed by atoms with Crippen molar-refractivity contribution in [1.29, 1.82) is 0 Å². The number of aromatic nitrogens is 4. The number of hydrogen-bond donors (Lipinski definition) is 1. The molecule has 0 atom stereocenters. The number of amides is 1. The molecule has 1 aromatic carbocycles. The molecule has 0 aliphatic heterocycles. The molecule has 12 heteroatoms. The molecule has 0 bridgehead atoms. The van der Waals surface area contributed by atoms with Gasteiger partial charge in [0.1, 0.15) is 0 Å².